The van der Waals surface area contributed by atoms with Gasteiger partial charge in [-0.1, -0.05) is 29.3 Å². The highest BCUT2D eigenvalue weighted by Gasteiger charge is 2.29. The number of anilines is 1. The first kappa shape index (κ1) is 20.2. The van der Waals surface area contributed by atoms with Crippen molar-refractivity contribution < 1.29 is 14.3 Å². The fourth-order valence-corrected chi connectivity index (χ4v) is 3.31. The molecule has 1 aliphatic rings. The van der Waals surface area contributed by atoms with E-state index in [4.69, 9.17) is 32.7 Å². The molecule has 146 valence electrons. The molecule has 0 aliphatic carbocycles. The molecule has 0 saturated carbocycles. The monoisotopic (exact) mass is 418 g/mol. The molecule has 1 heterocycles. The van der Waals surface area contributed by atoms with E-state index in [2.05, 4.69) is 5.10 Å². The van der Waals surface area contributed by atoms with Crippen LogP contribution in [0.5, 0.6) is 11.5 Å². The third-order valence-corrected chi connectivity index (χ3v) is 4.56. The summed E-state index contributed by atoms with van der Waals surface area (Å²) in [5.41, 5.74) is 2.42. The largest absolute Gasteiger partial charge is 0.490 e. The van der Waals surface area contributed by atoms with Crippen LogP contribution in [0, 0.1) is 0 Å². The number of hydrazone groups is 1. The van der Waals surface area contributed by atoms with Gasteiger partial charge in [0.15, 0.2) is 11.5 Å². The molecule has 0 fully saturated rings. The van der Waals surface area contributed by atoms with Crippen LogP contribution >= 0.6 is 23.2 Å². The molecule has 0 unspecified atom stereocenters. The lowest BCUT2D eigenvalue weighted by atomic mass is 10.1. The Balaban J connectivity index is 1.97. The molecule has 5 nitrogen and oxygen atoms in total. The van der Waals surface area contributed by atoms with E-state index in [9.17, 15) is 4.79 Å². The number of carbonyl (C=O) groups is 1. The number of amides is 1. The van der Waals surface area contributed by atoms with E-state index in [0.29, 0.717) is 51.7 Å². The molecule has 7 heteroatoms. The average molecular weight is 419 g/mol. The zero-order valence-electron chi connectivity index (χ0n) is 15.8. The molecule has 0 saturated heterocycles. The second-order valence-corrected chi connectivity index (χ2v) is 6.88. The van der Waals surface area contributed by atoms with Gasteiger partial charge in [-0.25, -0.2) is 0 Å². The Hall–Kier alpha value is -2.50. The van der Waals surface area contributed by atoms with Crippen molar-refractivity contribution in [2.24, 2.45) is 5.10 Å². The second kappa shape index (κ2) is 8.67. The first-order chi connectivity index (χ1) is 13.4. The van der Waals surface area contributed by atoms with Crippen molar-refractivity contribution in [2.75, 3.05) is 18.2 Å². The highest BCUT2D eigenvalue weighted by atomic mass is 35.5. The molecule has 0 atom stereocenters. The number of hydrogen-bond acceptors (Lipinski definition) is 4. The maximum absolute atomic E-state index is 12.9. The third kappa shape index (κ3) is 4.16. The number of benzene rings is 2. The smallest absolute Gasteiger partial charge is 0.280 e. The van der Waals surface area contributed by atoms with Crippen LogP contribution in [0.2, 0.25) is 10.0 Å². The van der Waals surface area contributed by atoms with Crippen LogP contribution in [0.3, 0.4) is 0 Å². The van der Waals surface area contributed by atoms with Crippen molar-refractivity contribution in [3.05, 3.63) is 57.6 Å². The molecule has 0 spiro atoms. The summed E-state index contributed by atoms with van der Waals surface area (Å²) in [6.07, 6.45) is 1.75. The Morgan fingerprint density at radius 2 is 1.86 bits per heavy atom. The van der Waals surface area contributed by atoms with Crippen molar-refractivity contribution in [1.29, 1.82) is 0 Å². The van der Waals surface area contributed by atoms with Crippen molar-refractivity contribution in [2.45, 2.75) is 20.8 Å². The highest BCUT2D eigenvalue weighted by molar-refractivity contribution is 6.34. The van der Waals surface area contributed by atoms with Gasteiger partial charge in [-0.15, -0.1) is 0 Å². The van der Waals surface area contributed by atoms with Crippen LogP contribution in [0.25, 0.3) is 6.08 Å². The molecule has 0 bridgehead atoms. The number of hydrogen-bond donors (Lipinski definition) is 0. The fourth-order valence-electron chi connectivity index (χ4n) is 2.85. The zero-order chi connectivity index (χ0) is 20.3. The van der Waals surface area contributed by atoms with Gasteiger partial charge in [0, 0.05) is 5.02 Å². The minimum absolute atomic E-state index is 0.234. The van der Waals surface area contributed by atoms with Gasteiger partial charge in [-0.3, -0.25) is 4.79 Å². The van der Waals surface area contributed by atoms with Gasteiger partial charge in [-0.2, -0.15) is 10.1 Å². The van der Waals surface area contributed by atoms with Gasteiger partial charge in [-0.05, 0) is 62.7 Å². The summed E-state index contributed by atoms with van der Waals surface area (Å²) in [5.74, 6) is 0.801. The quantitative estimate of drug-likeness (QED) is 0.573. The van der Waals surface area contributed by atoms with Gasteiger partial charge >= 0.3 is 0 Å². The Morgan fingerprint density at radius 3 is 2.54 bits per heavy atom. The van der Waals surface area contributed by atoms with Crippen LogP contribution < -0.4 is 14.5 Å². The van der Waals surface area contributed by atoms with Crippen molar-refractivity contribution >= 4 is 46.6 Å². The SMILES string of the molecule is CCOc1cc(/C=C2/C(=O)N(c3cccc(Cl)c3)N=C2C)cc(Cl)c1OCC. The minimum atomic E-state index is -0.234. The third-order valence-electron chi connectivity index (χ3n) is 4.05. The summed E-state index contributed by atoms with van der Waals surface area (Å²) in [4.78, 5) is 12.9. The molecule has 28 heavy (non-hydrogen) atoms. The lowest BCUT2D eigenvalue weighted by Gasteiger charge is -2.14. The Bertz CT molecular complexity index is 970. The number of rotatable bonds is 6. The lowest BCUT2D eigenvalue weighted by Crippen LogP contribution is -2.21. The van der Waals surface area contributed by atoms with Crippen LogP contribution in [-0.4, -0.2) is 24.8 Å². The van der Waals surface area contributed by atoms with Gasteiger partial charge in [0.05, 0.1) is 35.2 Å². The molecule has 0 radical (unpaired) electrons. The van der Waals surface area contributed by atoms with Crippen LogP contribution in [0.4, 0.5) is 5.69 Å². The minimum Gasteiger partial charge on any atom is -0.490 e. The van der Waals surface area contributed by atoms with Crippen LogP contribution in [-0.2, 0) is 4.79 Å². The zero-order valence-corrected chi connectivity index (χ0v) is 17.3. The highest BCUT2D eigenvalue weighted by Crippen LogP contribution is 2.38. The van der Waals surface area contributed by atoms with Gasteiger partial charge in [0.2, 0.25) is 0 Å². The predicted molar refractivity (Wildman–Crippen MR) is 114 cm³/mol. The van der Waals surface area contributed by atoms with Crippen LogP contribution in [0.1, 0.15) is 26.3 Å². The normalized spacial score (nSPS) is 15.2. The van der Waals surface area contributed by atoms with E-state index >= 15 is 0 Å². The molecule has 1 aliphatic heterocycles. The molecule has 0 N–H and O–H groups in total. The number of ether oxygens (including phenoxy) is 2. The van der Waals surface area contributed by atoms with E-state index in [1.54, 1.807) is 49.4 Å². The molecular weight excluding hydrogens is 399 g/mol. The van der Waals surface area contributed by atoms with E-state index in [-0.39, 0.29) is 5.91 Å². The first-order valence-electron chi connectivity index (χ1n) is 8.91. The number of halogens is 2. The summed E-state index contributed by atoms with van der Waals surface area (Å²) in [5, 5.41) is 6.67. The molecule has 0 aromatic heterocycles. The predicted octanol–water partition coefficient (Wildman–Crippen LogP) is 5.60. The maximum atomic E-state index is 12.9. The Kier molecular flexibility index (Phi) is 6.27. The lowest BCUT2D eigenvalue weighted by molar-refractivity contribution is -0.114. The van der Waals surface area contributed by atoms with Gasteiger partial charge in [0.1, 0.15) is 0 Å². The second-order valence-electron chi connectivity index (χ2n) is 6.04. The summed E-state index contributed by atoms with van der Waals surface area (Å²) < 4.78 is 11.2. The van der Waals surface area contributed by atoms with Crippen molar-refractivity contribution in [1.82, 2.24) is 0 Å². The molecule has 2 aromatic carbocycles. The van der Waals surface area contributed by atoms with Gasteiger partial charge < -0.3 is 9.47 Å². The molecular formula is C21H20Cl2N2O3. The van der Waals surface area contributed by atoms with Gasteiger partial charge in [0.25, 0.3) is 5.91 Å². The fraction of sp³-hybridized carbons (Fsp3) is 0.238. The van der Waals surface area contributed by atoms with E-state index in [1.165, 1.54) is 5.01 Å². The van der Waals surface area contributed by atoms with E-state index in [1.807, 2.05) is 13.8 Å². The van der Waals surface area contributed by atoms with Crippen molar-refractivity contribution in [3.8, 4) is 11.5 Å². The summed E-state index contributed by atoms with van der Waals surface area (Å²) >= 11 is 12.4. The maximum Gasteiger partial charge on any atom is 0.280 e. The van der Waals surface area contributed by atoms with Crippen molar-refractivity contribution in [3.63, 3.8) is 0 Å². The molecule has 3 rings (SSSR count). The van der Waals surface area contributed by atoms with E-state index < -0.39 is 0 Å². The molecule has 2 aromatic rings. The Labute approximate surface area is 174 Å². The average Bonchev–Trinajstić information content (AvgIpc) is 2.93. The summed E-state index contributed by atoms with van der Waals surface area (Å²) in [7, 11) is 0. The van der Waals surface area contributed by atoms with E-state index in [0.717, 1.165) is 5.56 Å². The number of nitrogens with zero attached hydrogens (tertiary/aromatic N) is 2. The Morgan fingerprint density at radius 1 is 1.11 bits per heavy atom. The standard InChI is InChI=1S/C21H20Cl2N2O3/c1-4-27-19-11-14(10-18(23)20(19)28-5-2)9-17-13(3)24-25(21(17)26)16-8-6-7-15(22)12-16/h6-12H,4-5H2,1-3H3/b17-9+. The molecule has 1 amide bonds. The number of carbonyl (C=O) groups excluding carboxylic acids is 1. The first-order valence-corrected chi connectivity index (χ1v) is 9.66. The topological polar surface area (TPSA) is 51.1 Å². The summed E-state index contributed by atoms with van der Waals surface area (Å²) in [6, 6.07) is 10.5. The summed E-state index contributed by atoms with van der Waals surface area (Å²) in [6.45, 7) is 6.49. The van der Waals surface area contributed by atoms with Crippen LogP contribution in [0.15, 0.2) is 47.1 Å².